The summed E-state index contributed by atoms with van der Waals surface area (Å²) in [6.45, 7) is 41.7. The smallest absolute Gasteiger partial charge is 0.322 e. The monoisotopic (exact) mass is 1190 g/mol. The summed E-state index contributed by atoms with van der Waals surface area (Å²) >= 11 is 0. The number of hydroxylamine groups is 6. The average Bonchev–Trinajstić information content (AvgIpc) is 1.14. The molecule has 4 heterocycles. The normalized spacial score (nSPS) is 30.6. The van der Waals surface area contributed by atoms with E-state index in [1.807, 2.05) is 37.8 Å². The van der Waals surface area contributed by atoms with Gasteiger partial charge in [0.25, 0.3) is 0 Å². The molecule has 84 heavy (non-hydrogen) atoms. The molecule has 0 aromatic heterocycles. The Bertz CT molecular complexity index is 2020. The van der Waals surface area contributed by atoms with E-state index in [-0.39, 0.29) is 87.4 Å². The second kappa shape index (κ2) is 34.4. The Balaban J connectivity index is 0.000000506. The molecule has 17 nitrogen and oxygen atoms in total. The maximum atomic E-state index is 12.6. The predicted molar refractivity (Wildman–Crippen MR) is 330 cm³/mol. The van der Waals surface area contributed by atoms with E-state index in [2.05, 4.69) is 83.1 Å². The van der Waals surface area contributed by atoms with Gasteiger partial charge in [-0.1, -0.05) is 145 Å². The van der Waals surface area contributed by atoms with Crippen LogP contribution in [0.4, 0.5) is 0 Å². The molecule has 4 saturated heterocycles. The maximum Gasteiger partial charge on any atom is 0.322 e. The van der Waals surface area contributed by atoms with Crippen molar-refractivity contribution in [1.29, 1.82) is 0 Å². The molecule has 17 heteroatoms. The molecule has 0 aromatic rings. The molecule has 0 radical (unpaired) electrons. The molecule has 7 unspecified atom stereocenters. The molecule has 4 aliphatic heterocycles. The number of unbranched alkanes of at least 4 members (excludes halogenated alkanes) is 14. The van der Waals surface area contributed by atoms with Crippen molar-refractivity contribution < 1.29 is 67.0 Å². The van der Waals surface area contributed by atoms with Crippen LogP contribution < -0.4 is 0 Å². The zero-order valence-electron chi connectivity index (χ0n) is 57.2. The summed E-state index contributed by atoms with van der Waals surface area (Å²) < 4.78 is 30.1. The highest BCUT2D eigenvalue weighted by atomic mass is 16.7. The summed E-state index contributed by atoms with van der Waals surface area (Å²) in [4.78, 5) is 86.7. The zero-order valence-corrected chi connectivity index (χ0v) is 57.2. The van der Waals surface area contributed by atoms with Crippen LogP contribution >= 0.6 is 0 Å². The number of hydrogen-bond donors (Lipinski definition) is 0. The van der Waals surface area contributed by atoms with Crippen molar-refractivity contribution in [3.05, 3.63) is 0 Å². The molecule has 0 amide bonds. The van der Waals surface area contributed by atoms with Crippen LogP contribution in [0.3, 0.4) is 0 Å². The SMILES string of the molecule is CC(=O)OC1CC(C)(C)N(OC(C)=O)C(C)(C)C1.CCC1(C)CC(OC(C)=O)C(C)C(C)(CC)N1OC(C)=O.CCCCCCCCCCCCCCCCCC(=O)OCC1(CC)COC2(CC(C)(CC)N(OC(C)=O)C(C)(CC)C2C)OC1. The fourth-order valence-electron chi connectivity index (χ4n) is 13.6. The lowest BCUT2D eigenvalue weighted by Gasteiger charge is -2.63. The van der Waals surface area contributed by atoms with Gasteiger partial charge in [0.2, 0.25) is 0 Å². The van der Waals surface area contributed by atoms with Gasteiger partial charge in [0.05, 0.1) is 51.9 Å². The van der Waals surface area contributed by atoms with Gasteiger partial charge in [0.1, 0.15) is 18.8 Å². The van der Waals surface area contributed by atoms with Gasteiger partial charge in [-0.3, -0.25) is 28.8 Å². The lowest BCUT2D eigenvalue weighted by atomic mass is 9.66. The van der Waals surface area contributed by atoms with Gasteiger partial charge in [0, 0.05) is 78.6 Å². The van der Waals surface area contributed by atoms with E-state index in [1.54, 1.807) is 5.06 Å². The Hall–Kier alpha value is -3.38. The highest BCUT2D eigenvalue weighted by Crippen LogP contribution is 2.55. The second-order valence-corrected chi connectivity index (χ2v) is 27.7. The topological polar surface area (TPSA) is 186 Å². The zero-order chi connectivity index (χ0) is 64.0. The first-order chi connectivity index (χ1) is 39.1. The summed E-state index contributed by atoms with van der Waals surface area (Å²) in [7, 11) is 0. The van der Waals surface area contributed by atoms with Crippen LogP contribution in [0.2, 0.25) is 0 Å². The lowest BCUT2D eigenvalue weighted by Crippen LogP contribution is -2.74. The van der Waals surface area contributed by atoms with E-state index in [4.69, 9.17) is 38.2 Å². The first kappa shape index (κ1) is 76.7. The number of hydrogen-bond acceptors (Lipinski definition) is 17. The number of carbonyl (C=O) groups is 6. The number of piperidine rings is 3. The van der Waals surface area contributed by atoms with Crippen molar-refractivity contribution in [2.45, 2.75) is 357 Å². The summed E-state index contributed by atoms with van der Waals surface area (Å²) in [5, 5.41) is 5.50. The van der Waals surface area contributed by atoms with Gasteiger partial charge >= 0.3 is 35.8 Å². The standard InChI is InChI=1S/C38H71NO6.C16H29NO4.C13H23NO4/c1-9-13-14-15-16-17-18-19-20-21-22-23-24-25-26-27-34(41)42-29-37(12-4)30-43-38(44-31-37)28-35(7,10-2)39(45-33(6)40)36(8,11-3)32(38)5;1-8-15(6)10-14(20-12(4)18)11(3)16(7,9-2)17(15)21-13(5)19;1-9(15)17-11-7-12(3,4)14(18-10(2)16)13(5,6)8-11/h32H,9-31H2,1-8H3;11,14H,8-10H2,1-7H3;11H,7-8H2,1-6H3. The van der Waals surface area contributed by atoms with Crippen LogP contribution in [0.1, 0.15) is 306 Å². The lowest BCUT2D eigenvalue weighted by molar-refractivity contribution is -0.403. The Morgan fingerprint density at radius 1 is 0.464 bits per heavy atom. The van der Waals surface area contributed by atoms with Crippen molar-refractivity contribution in [2.75, 3.05) is 19.8 Å². The minimum absolute atomic E-state index is 0.0449. The first-order valence-electron chi connectivity index (χ1n) is 32.9. The summed E-state index contributed by atoms with van der Waals surface area (Å²) in [6, 6.07) is 0. The van der Waals surface area contributed by atoms with Crippen LogP contribution in [0.5, 0.6) is 0 Å². The molecule has 7 atom stereocenters. The van der Waals surface area contributed by atoms with Gasteiger partial charge in [-0.15, -0.1) is 15.2 Å². The third kappa shape index (κ3) is 21.7. The Morgan fingerprint density at radius 3 is 1.25 bits per heavy atom. The number of esters is 3. The van der Waals surface area contributed by atoms with Crippen molar-refractivity contribution in [3.63, 3.8) is 0 Å². The molecule has 490 valence electrons. The van der Waals surface area contributed by atoms with E-state index in [9.17, 15) is 28.8 Å². The van der Waals surface area contributed by atoms with E-state index < -0.39 is 16.9 Å². The fraction of sp³-hybridized carbons (Fsp3) is 0.910. The third-order valence-electron chi connectivity index (χ3n) is 19.6. The molecule has 0 N–H and O–H groups in total. The van der Waals surface area contributed by atoms with Crippen molar-refractivity contribution >= 4 is 35.8 Å². The largest absolute Gasteiger partial charge is 0.465 e. The summed E-state index contributed by atoms with van der Waals surface area (Å²) in [5.74, 6) is -2.35. The summed E-state index contributed by atoms with van der Waals surface area (Å²) in [6.07, 6.45) is 26.4. The Kier molecular flexibility index (Phi) is 31.4. The van der Waals surface area contributed by atoms with E-state index >= 15 is 0 Å². The van der Waals surface area contributed by atoms with Gasteiger partial charge in [-0.2, -0.15) is 0 Å². The highest BCUT2D eigenvalue weighted by Gasteiger charge is 2.65. The van der Waals surface area contributed by atoms with Crippen LogP contribution in [0, 0.1) is 17.3 Å². The van der Waals surface area contributed by atoms with Crippen molar-refractivity contribution in [3.8, 4) is 0 Å². The molecule has 0 saturated carbocycles. The maximum absolute atomic E-state index is 12.6. The number of nitrogens with zero attached hydrogens (tertiary/aromatic N) is 3. The van der Waals surface area contributed by atoms with E-state index in [1.165, 1.54) is 118 Å². The fourth-order valence-corrected chi connectivity index (χ4v) is 13.6. The van der Waals surface area contributed by atoms with E-state index in [0.717, 1.165) is 44.9 Å². The highest BCUT2D eigenvalue weighted by molar-refractivity contribution is 5.69. The van der Waals surface area contributed by atoms with Gasteiger partial charge in [0.15, 0.2) is 5.79 Å². The van der Waals surface area contributed by atoms with Crippen LogP contribution in [-0.2, 0) is 67.0 Å². The number of carbonyl (C=O) groups excluding carboxylic acids is 6. The molecular weight excluding hydrogens is 1070 g/mol. The predicted octanol–water partition coefficient (Wildman–Crippen LogP) is 15.2. The minimum Gasteiger partial charge on any atom is -0.465 e. The van der Waals surface area contributed by atoms with Crippen molar-refractivity contribution in [2.24, 2.45) is 17.3 Å². The molecule has 4 rings (SSSR count). The molecule has 0 bridgehead atoms. The second-order valence-electron chi connectivity index (χ2n) is 27.7. The Labute approximate surface area is 510 Å². The molecule has 1 spiro atoms. The quantitative estimate of drug-likeness (QED) is 0.0409. The number of ether oxygens (including phenoxy) is 5. The van der Waals surface area contributed by atoms with Gasteiger partial charge in [-0.05, 0) is 93.9 Å². The van der Waals surface area contributed by atoms with Crippen LogP contribution in [0.15, 0.2) is 0 Å². The van der Waals surface area contributed by atoms with Crippen LogP contribution in [-0.4, -0.2) is 122 Å². The molecule has 4 aliphatic rings. The minimum atomic E-state index is -0.789. The molecular formula is C67H123N3O14. The average molecular weight is 1190 g/mol. The first-order valence-corrected chi connectivity index (χ1v) is 32.9. The third-order valence-corrected chi connectivity index (χ3v) is 19.6. The van der Waals surface area contributed by atoms with Gasteiger partial charge in [-0.25, -0.2) is 0 Å². The summed E-state index contributed by atoms with van der Waals surface area (Å²) in [5.41, 5.74) is -2.69. The van der Waals surface area contributed by atoms with E-state index in [0.29, 0.717) is 51.9 Å². The van der Waals surface area contributed by atoms with Gasteiger partial charge < -0.3 is 38.2 Å². The van der Waals surface area contributed by atoms with Crippen molar-refractivity contribution in [1.82, 2.24) is 15.2 Å². The molecule has 4 fully saturated rings. The molecule has 0 aromatic carbocycles. The van der Waals surface area contributed by atoms with Crippen LogP contribution in [0.25, 0.3) is 0 Å². The number of rotatable bonds is 28. The molecule has 0 aliphatic carbocycles. The Morgan fingerprint density at radius 2 is 0.869 bits per heavy atom.